The van der Waals surface area contributed by atoms with Gasteiger partial charge in [0.1, 0.15) is 11.4 Å². The van der Waals surface area contributed by atoms with Crippen molar-refractivity contribution in [3.05, 3.63) is 58.1 Å². The number of nitrogens with one attached hydrogen (secondary N) is 2. The van der Waals surface area contributed by atoms with Gasteiger partial charge in [0.2, 0.25) is 10.0 Å². The average molecular weight is 423 g/mol. The summed E-state index contributed by atoms with van der Waals surface area (Å²) in [5.41, 5.74) is 2.16. The number of aryl methyl sites for hydroxylation is 1. The van der Waals surface area contributed by atoms with Crippen molar-refractivity contribution in [3.63, 3.8) is 0 Å². The molecular formula is C20H23ClN2O4S. The van der Waals surface area contributed by atoms with Gasteiger partial charge >= 0.3 is 0 Å². The highest BCUT2D eigenvalue weighted by molar-refractivity contribution is 7.92. The molecule has 1 aliphatic rings. The number of sulfonamides is 1. The van der Waals surface area contributed by atoms with Crippen molar-refractivity contribution in [2.45, 2.75) is 38.8 Å². The van der Waals surface area contributed by atoms with Crippen molar-refractivity contribution in [2.75, 3.05) is 11.0 Å². The Labute approximate surface area is 170 Å². The molecule has 2 aromatic rings. The first-order valence-corrected chi connectivity index (χ1v) is 11.1. The van der Waals surface area contributed by atoms with Crippen molar-refractivity contribution in [1.29, 1.82) is 0 Å². The molecule has 1 heterocycles. The van der Waals surface area contributed by atoms with Gasteiger partial charge in [-0.25, -0.2) is 8.42 Å². The Morgan fingerprint density at radius 1 is 1.21 bits per heavy atom. The van der Waals surface area contributed by atoms with E-state index in [0.717, 1.165) is 23.1 Å². The van der Waals surface area contributed by atoms with Gasteiger partial charge in [-0.05, 0) is 50.6 Å². The average Bonchev–Trinajstić information content (AvgIpc) is 2.51. The molecule has 0 unspecified atom stereocenters. The van der Waals surface area contributed by atoms with Crippen LogP contribution in [0.25, 0.3) is 0 Å². The molecule has 6 nitrogen and oxygen atoms in total. The molecule has 1 atom stereocenters. The number of carbonyl (C=O) groups is 1. The zero-order valence-electron chi connectivity index (χ0n) is 16.2. The summed E-state index contributed by atoms with van der Waals surface area (Å²) in [7, 11) is -3.42. The van der Waals surface area contributed by atoms with Gasteiger partial charge in [-0.15, -0.1) is 0 Å². The van der Waals surface area contributed by atoms with Gasteiger partial charge in [0, 0.05) is 17.7 Å². The van der Waals surface area contributed by atoms with E-state index in [-0.39, 0.29) is 22.5 Å². The van der Waals surface area contributed by atoms with Crippen LogP contribution < -0.4 is 14.8 Å². The number of halogens is 1. The van der Waals surface area contributed by atoms with Crippen LogP contribution in [0, 0.1) is 6.92 Å². The Morgan fingerprint density at radius 3 is 2.57 bits per heavy atom. The first-order valence-electron chi connectivity index (χ1n) is 8.81. The minimum absolute atomic E-state index is 0.168. The van der Waals surface area contributed by atoms with Crippen LogP contribution in [0.5, 0.6) is 5.75 Å². The van der Waals surface area contributed by atoms with Gasteiger partial charge in [0.05, 0.1) is 22.9 Å². The van der Waals surface area contributed by atoms with Crippen molar-refractivity contribution in [1.82, 2.24) is 5.32 Å². The maximum absolute atomic E-state index is 12.8. The highest BCUT2D eigenvalue weighted by atomic mass is 35.5. The van der Waals surface area contributed by atoms with Gasteiger partial charge < -0.3 is 10.1 Å². The van der Waals surface area contributed by atoms with Gasteiger partial charge in [0.25, 0.3) is 5.91 Å². The second kappa shape index (κ2) is 7.29. The number of benzene rings is 2. The summed E-state index contributed by atoms with van der Waals surface area (Å²) in [6.07, 6.45) is 1.66. The Kier molecular flexibility index (Phi) is 5.34. The lowest BCUT2D eigenvalue weighted by atomic mass is 9.89. The fraction of sp³-hybridized carbons (Fsp3) is 0.350. The largest absolute Gasteiger partial charge is 0.487 e. The fourth-order valence-corrected chi connectivity index (χ4v) is 4.12. The summed E-state index contributed by atoms with van der Waals surface area (Å²) in [4.78, 5) is 12.8. The van der Waals surface area contributed by atoms with Crippen LogP contribution in [-0.4, -0.2) is 26.2 Å². The van der Waals surface area contributed by atoms with Crippen molar-refractivity contribution in [3.8, 4) is 5.75 Å². The molecule has 0 aromatic heterocycles. The van der Waals surface area contributed by atoms with Crippen LogP contribution in [0.4, 0.5) is 5.69 Å². The molecule has 0 saturated heterocycles. The molecular weight excluding hydrogens is 400 g/mol. The number of fused-ring (bicyclic) bond motifs is 1. The highest BCUT2D eigenvalue weighted by Crippen LogP contribution is 2.40. The molecule has 3 rings (SSSR count). The molecule has 1 aliphatic heterocycles. The monoisotopic (exact) mass is 422 g/mol. The molecule has 2 aromatic carbocycles. The zero-order valence-corrected chi connectivity index (χ0v) is 17.7. The predicted molar refractivity (Wildman–Crippen MR) is 111 cm³/mol. The SMILES string of the molecule is Cc1ccc2c(c1)OC(C)(C)C[C@@H]2NC(=O)c1ccc(NS(C)(=O)=O)cc1Cl. The first kappa shape index (κ1) is 20.5. The van der Waals surface area contributed by atoms with E-state index < -0.39 is 15.6 Å². The normalized spacial score (nSPS) is 18.0. The molecule has 0 spiro atoms. The molecule has 2 N–H and O–H groups in total. The van der Waals surface area contributed by atoms with E-state index in [1.165, 1.54) is 18.2 Å². The number of hydrogen-bond acceptors (Lipinski definition) is 4. The number of anilines is 1. The first-order chi connectivity index (χ1) is 12.9. The molecule has 0 fully saturated rings. The summed E-state index contributed by atoms with van der Waals surface area (Å²) < 4.78 is 31.1. The van der Waals surface area contributed by atoms with Crippen LogP contribution in [0.15, 0.2) is 36.4 Å². The topological polar surface area (TPSA) is 84.5 Å². The highest BCUT2D eigenvalue weighted by Gasteiger charge is 2.34. The number of amides is 1. The molecule has 0 aliphatic carbocycles. The van der Waals surface area contributed by atoms with Crippen LogP contribution >= 0.6 is 11.6 Å². The molecule has 0 radical (unpaired) electrons. The maximum atomic E-state index is 12.8. The second-order valence-corrected chi connectivity index (χ2v) is 9.86. The Balaban J connectivity index is 1.85. The minimum Gasteiger partial charge on any atom is -0.487 e. The summed E-state index contributed by atoms with van der Waals surface area (Å²) >= 11 is 6.23. The summed E-state index contributed by atoms with van der Waals surface area (Å²) in [6.45, 7) is 5.96. The quantitative estimate of drug-likeness (QED) is 0.778. The number of carbonyl (C=O) groups excluding carboxylic acids is 1. The minimum atomic E-state index is -3.42. The van der Waals surface area contributed by atoms with Crippen LogP contribution in [-0.2, 0) is 10.0 Å². The Hall–Kier alpha value is -2.25. The maximum Gasteiger partial charge on any atom is 0.253 e. The third-order valence-corrected chi connectivity index (χ3v) is 5.37. The molecule has 1 amide bonds. The Bertz CT molecular complexity index is 1030. The third-order valence-electron chi connectivity index (χ3n) is 4.45. The summed E-state index contributed by atoms with van der Waals surface area (Å²) in [5, 5.41) is 3.20. The molecule has 0 bridgehead atoms. The van der Waals surface area contributed by atoms with Gasteiger partial charge in [-0.2, -0.15) is 0 Å². The van der Waals surface area contributed by atoms with Gasteiger partial charge in [-0.1, -0.05) is 23.7 Å². The third kappa shape index (κ3) is 4.77. The summed E-state index contributed by atoms with van der Waals surface area (Å²) in [5.74, 6) is 0.436. The lowest BCUT2D eigenvalue weighted by Crippen LogP contribution is -2.41. The van der Waals surface area contributed by atoms with Gasteiger partial charge in [-0.3, -0.25) is 9.52 Å². The molecule has 28 heavy (non-hydrogen) atoms. The van der Waals surface area contributed by atoms with Crippen LogP contribution in [0.2, 0.25) is 5.02 Å². The smallest absolute Gasteiger partial charge is 0.253 e. The van der Waals surface area contributed by atoms with E-state index in [1.54, 1.807) is 0 Å². The Morgan fingerprint density at radius 2 is 1.93 bits per heavy atom. The van der Waals surface area contributed by atoms with Crippen molar-refractivity contribution in [2.24, 2.45) is 0 Å². The second-order valence-electron chi connectivity index (χ2n) is 7.70. The zero-order chi connectivity index (χ0) is 20.7. The summed E-state index contributed by atoms with van der Waals surface area (Å²) in [6, 6.07) is 10.1. The van der Waals surface area contributed by atoms with Gasteiger partial charge in [0.15, 0.2) is 0 Å². The standard InChI is InChI=1S/C20H23ClN2O4S/c1-12-5-7-15-17(11-20(2,3)27-18(15)9-12)22-19(24)14-8-6-13(10-16(14)21)23-28(4,25)26/h5-10,17,23H,11H2,1-4H3,(H,22,24)/t17-/m0/s1. The van der Waals surface area contributed by atoms with Crippen molar-refractivity contribution < 1.29 is 17.9 Å². The van der Waals surface area contributed by atoms with E-state index in [0.29, 0.717) is 12.1 Å². The number of ether oxygens (including phenoxy) is 1. The van der Waals surface area contributed by atoms with Crippen molar-refractivity contribution >= 4 is 33.2 Å². The molecule has 150 valence electrons. The molecule has 8 heteroatoms. The number of rotatable bonds is 4. The van der Waals surface area contributed by atoms with E-state index in [9.17, 15) is 13.2 Å². The number of hydrogen-bond donors (Lipinski definition) is 2. The van der Waals surface area contributed by atoms with E-state index >= 15 is 0 Å². The van der Waals surface area contributed by atoms with E-state index in [4.69, 9.17) is 16.3 Å². The lowest BCUT2D eigenvalue weighted by Gasteiger charge is -2.38. The van der Waals surface area contributed by atoms with E-state index in [2.05, 4.69) is 10.0 Å². The fourth-order valence-electron chi connectivity index (χ4n) is 3.30. The van der Waals surface area contributed by atoms with E-state index in [1.807, 2.05) is 39.0 Å². The van der Waals surface area contributed by atoms with Crippen LogP contribution in [0.1, 0.15) is 47.8 Å². The lowest BCUT2D eigenvalue weighted by molar-refractivity contribution is 0.0619. The predicted octanol–water partition coefficient (Wildman–Crippen LogP) is 4.05. The van der Waals surface area contributed by atoms with Crippen LogP contribution in [0.3, 0.4) is 0 Å². The molecule has 0 saturated carbocycles.